The Morgan fingerprint density at radius 2 is 1.52 bits per heavy atom. The molecule has 1 aliphatic heterocycles. The lowest BCUT2D eigenvalue weighted by molar-refractivity contribution is -0.195. The number of nitrogens with one attached hydrogen (secondary N) is 2. The number of hydrogen-bond acceptors (Lipinski definition) is 13. The molecule has 4 unspecified atom stereocenters. The topological polar surface area (TPSA) is 196 Å². The summed E-state index contributed by atoms with van der Waals surface area (Å²) >= 11 is 1.61. The van der Waals surface area contributed by atoms with Gasteiger partial charge >= 0.3 is 5.97 Å². The maximum atomic E-state index is 13.0. The van der Waals surface area contributed by atoms with Crippen LogP contribution in [0.5, 0.6) is 0 Å². The highest BCUT2D eigenvalue weighted by molar-refractivity contribution is 8.02. The lowest BCUT2D eigenvalue weighted by Crippen LogP contribution is -2.37. The number of nitrogens with zero attached hydrogens (tertiary/aromatic N) is 1. The Balaban J connectivity index is 2.18. The predicted octanol–water partition coefficient (Wildman–Crippen LogP) is 4.74. The fraction of sp³-hybridized carbons (Fsp3) is 0.857. The number of amides is 4. The summed E-state index contributed by atoms with van der Waals surface area (Å²) in [4.78, 5) is 76.8. The van der Waals surface area contributed by atoms with Gasteiger partial charge in [0.25, 0.3) is 0 Å². The van der Waals surface area contributed by atoms with Crippen molar-refractivity contribution in [3.63, 3.8) is 0 Å². The van der Waals surface area contributed by atoms with Crippen molar-refractivity contribution in [2.24, 2.45) is 11.8 Å². The van der Waals surface area contributed by atoms with Crippen LogP contribution in [0.25, 0.3) is 0 Å². The summed E-state index contributed by atoms with van der Waals surface area (Å²) in [7, 11) is 1.45. The van der Waals surface area contributed by atoms with Gasteiger partial charge in [-0.2, -0.15) is 0 Å². The minimum absolute atomic E-state index is 0.00356. The molecule has 0 aliphatic carbocycles. The molecule has 1 fully saturated rings. The number of thioether (sulfide) groups is 1. The molecular weight excluding hydrogens is 771 g/mol. The average molecular weight is 846 g/mol. The lowest BCUT2D eigenvalue weighted by atomic mass is 9.89. The van der Waals surface area contributed by atoms with Crippen molar-refractivity contribution in [3.8, 4) is 0 Å². The minimum atomic E-state index is -0.764. The monoisotopic (exact) mass is 846 g/mol. The van der Waals surface area contributed by atoms with Crippen molar-refractivity contribution in [2.75, 3.05) is 66.4 Å². The highest BCUT2D eigenvalue weighted by atomic mass is 32.2. The van der Waals surface area contributed by atoms with E-state index in [2.05, 4.69) is 31.4 Å². The van der Waals surface area contributed by atoms with Crippen molar-refractivity contribution >= 4 is 47.1 Å². The van der Waals surface area contributed by atoms with E-state index in [-0.39, 0.29) is 136 Å². The highest BCUT2D eigenvalue weighted by Crippen LogP contribution is 2.41. The molecule has 0 aromatic rings. The van der Waals surface area contributed by atoms with E-state index in [1.807, 2.05) is 20.8 Å². The predicted molar refractivity (Wildman–Crippen MR) is 223 cm³/mol. The minimum Gasteiger partial charge on any atom is -0.460 e. The molecular formula is C42H75N3O12S. The first-order chi connectivity index (χ1) is 27.8. The third-order valence-corrected chi connectivity index (χ3v) is 12.0. The number of hydrogen-bond donors (Lipinski definition) is 3. The highest BCUT2D eigenvalue weighted by Gasteiger charge is 2.42. The number of aliphatic hydroxyl groups excluding tert-OH is 1. The number of carbonyl (C=O) groups is 6. The summed E-state index contributed by atoms with van der Waals surface area (Å²) < 4.78 is 27.1. The molecule has 1 rings (SSSR count). The van der Waals surface area contributed by atoms with Crippen LogP contribution >= 0.6 is 11.8 Å². The van der Waals surface area contributed by atoms with Gasteiger partial charge in [-0.25, -0.2) is 0 Å². The smallest absolute Gasteiger partial charge is 0.306 e. The lowest BCUT2D eigenvalue weighted by Gasteiger charge is -2.30. The van der Waals surface area contributed by atoms with E-state index in [1.54, 1.807) is 11.8 Å². The standard InChI is InChI=1S/C42H75N3O12S/c1-8-18-42(6,19-9-2)58-35-28-38(50)45(41(35)52)22-16-36(48)44-21-24-55-26-25-54-23-17-37(49)43-20-15-32(11-4)34(47)14-13-31(10-3)27-39(51)56-30-40(53-7)57-33(12-5)29-46/h31-33,35,40,46H,8-30H2,1-7H3,(H,43,49)(H,44,48)/t31-,32?,33?,35?,40?/m1/s1. The molecule has 0 aromatic carbocycles. The van der Waals surface area contributed by atoms with Gasteiger partial charge in [-0.3, -0.25) is 33.7 Å². The molecule has 16 heteroatoms. The summed E-state index contributed by atoms with van der Waals surface area (Å²) in [6, 6.07) is 0. The number of imide groups is 1. The van der Waals surface area contributed by atoms with Crippen LogP contribution in [0.3, 0.4) is 0 Å². The summed E-state index contributed by atoms with van der Waals surface area (Å²) in [5, 5.41) is 14.5. The van der Waals surface area contributed by atoms with E-state index >= 15 is 0 Å². The summed E-state index contributed by atoms with van der Waals surface area (Å²) in [5.41, 5.74) is 0. The van der Waals surface area contributed by atoms with Crippen LogP contribution in [0.4, 0.5) is 0 Å². The Hall–Kier alpha value is -2.63. The van der Waals surface area contributed by atoms with Crippen LogP contribution < -0.4 is 10.6 Å². The van der Waals surface area contributed by atoms with Crippen molar-refractivity contribution in [3.05, 3.63) is 0 Å². The number of Topliss-reactive ketones (excluding diaryl/α,β-unsaturated/α-hetero) is 1. The number of rotatable bonds is 36. The molecule has 1 saturated heterocycles. The van der Waals surface area contributed by atoms with Crippen molar-refractivity contribution in [2.45, 2.75) is 154 Å². The third-order valence-electron chi connectivity index (χ3n) is 10.4. The zero-order chi connectivity index (χ0) is 43.3. The van der Waals surface area contributed by atoms with Gasteiger partial charge in [0.2, 0.25) is 23.6 Å². The van der Waals surface area contributed by atoms with Gasteiger partial charge in [-0.15, -0.1) is 11.8 Å². The quantitative estimate of drug-likeness (QED) is 0.0339. The Morgan fingerprint density at radius 3 is 2.12 bits per heavy atom. The number of esters is 1. The number of aliphatic hydroxyl groups is 1. The van der Waals surface area contributed by atoms with E-state index in [9.17, 15) is 33.9 Å². The number of ketones is 1. The molecule has 0 spiro atoms. The molecule has 3 N–H and O–H groups in total. The number of ether oxygens (including phenoxy) is 5. The van der Waals surface area contributed by atoms with Crippen LogP contribution in [-0.4, -0.2) is 134 Å². The molecule has 336 valence electrons. The zero-order valence-corrected chi connectivity index (χ0v) is 37.3. The molecule has 0 radical (unpaired) electrons. The first kappa shape index (κ1) is 53.4. The zero-order valence-electron chi connectivity index (χ0n) is 36.4. The van der Waals surface area contributed by atoms with Crippen LogP contribution in [0, 0.1) is 11.8 Å². The van der Waals surface area contributed by atoms with E-state index in [0.717, 1.165) is 32.1 Å². The van der Waals surface area contributed by atoms with Gasteiger partial charge in [0.05, 0.1) is 44.4 Å². The van der Waals surface area contributed by atoms with Crippen LogP contribution in [0.2, 0.25) is 0 Å². The molecule has 1 aliphatic rings. The van der Waals surface area contributed by atoms with E-state index in [0.29, 0.717) is 38.6 Å². The second kappa shape index (κ2) is 31.3. The fourth-order valence-corrected chi connectivity index (χ4v) is 8.63. The van der Waals surface area contributed by atoms with Gasteiger partial charge < -0.3 is 39.4 Å². The van der Waals surface area contributed by atoms with E-state index < -0.39 is 12.4 Å². The first-order valence-corrected chi connectivity index (χ1v) is 22.4. The molecule has 58 heavy (non-hydrogen) atoms. The van der Waals surface area contributed by atoms with Crippen LogP contribution in [0.15, 0.2) is 0 Å². The Morgan fingerprint density at radius 1 is 0.862 bits per heavy atom. The number of likely N-dealkylation sites (tertiary alicyclic amines) is 1. The SMILES string of the molecule is CCCC(C)(CCC)SC1CC(=O)N(CCC(=O)NCCOCCOCCC(=O)NCCC(CC)C(=O)CC[C@@H](CC)CC(=O)OCC(OC)OC(CC)CO)C1=O. The third kappa shape index (κ3) is 22.1. The molecule has 1 heterocycles. The summed E-state index contributed by atoms with van der Waals surface area (Å²) in [6.07, 6.45) is 6.84. The molecule has 15 nitrogen and oxygen atoms in total. The average Bonchev–Trinajstić information content (AvgIpc) is 3.46. The molecule has 4 amide bonds. The van der Waals surface area contributed by atoms with Gasteiger partial charge in [-0.1, -0.05) is 60.8 Å². The molecule has 0 aromatic heterocycles. The Labute approximate surface area is 351 Å². The fourth-order valence-electron chi connectivity index (χ4n) is 6.84. The maximum absolute atomic E-state index is 13.0. The number of methoxy groups -OCH3 is 1. The van der Waals surface area contributed by atoms with Crippen molar-refractivity contribution in [1.82, 2.24) is 15.5 Å². The Kier molecular flexibility index (Phi) is 28.8. The van der Waals surface area contributed by atoms with Crippen LogP contribution in [0.1, 0.15) is 131 Å². The van der Waals surface area contributed by atoms with E-state index in [1.165, 1.54) is 12.0 Å². The van der Waals surface area contributed by atoms with Crippen molar-refractivity contribution < 1.29 is 57.6 Å². The van der Waals surface area contributed by atoms with Crippen molar-refractivity contribution in [1.29, 1.82) is 0 Å². The summed E-state index contributed by atoms with van der Waals surface area (Å²) in [5.74, 6) is -1.31. The van der Waals surface area contributed by atoms with Gasteiger partial charge in [0, 0.05) is 69.5 Å². The van der Waals surface area contributed by atoms with Gasteiger partial charge in [0.15, 0.2) is 6.29 Å². The second-order valence-electron chi connectivity index (χ2n) is 15.1. The van der Waals surface area contributed by atoms with E-state index in [4.69, 9.17) is 23.7 Å². The maximum Gasteiger partial charge on any atom is 0.306 e. The Bertz CT molecular complexity index is 1210. The summed E-state index contributed by atoms with van der Waals surface area (Å²) in [6.45, 7) is 13.8. The normalized spacial score (nSPS) is 16.6. The second-order valence-corrected chi connectivity index (χ2v) is 16.9. The first-order valence-electron chi connectivity index (χ1n) is 21.5. The molecule has 0 saturated carbocycles. The molecule has 0 bridgehead atoms. The van der Waals surface area contributed by atoms with Gasteiger partial charge in [0.1, 0.15) is 12.4 Å². The number of carbonyl (C=O) groups excluding carboxylic acids is 6. The largest absolute Gasteiger partial charge is 0.460 e. The van der Waals surface area contributed by atoms with Crippen LogP contribution in [-0.2, 0) is 52.5 Å². The van der Waals surface area contributed by atoms with Gasteiger partial charge in [-0.05, 0) is 44.4 Å². The molecule has 5 atom stereocenters.